The number of carbonyl (C=O) groups excluding carboxylic acids is 1. The number of aldehydes is 1. The summed E-state index contributed by atoms with van der Waals surface area (Å²) in [6.45, 7) is 7.23. The molecule has 36 heavy (non-hydrogen) atoms. The zero-order valence-electron chi connectivity index (χ0n) is 20.9. The fourth-order valence-electron chi connectivity index (χ4n) is 4.32. The summed E-state index contributed by atoms with van der Waals surface area (Å²) in [7, 11) is 0. The van der Waals surface area contributed by atoms with Gasteiger partial charge in [-0.1, -0.05) is 73.5 Å². The minimum absolute atomic E-state index is 0.273. The fourth-order valence-corrected chi connectivity index (χ4v) is 4.56. The molecule has 1 unspecified atom stereocenters. The van der Waals surface area contributed by atoms with Crippen LogP contribution in [0.3, 0.4) is 0 Å². The highest BCUT2D eigenvalue weighted by atomic mass is 35.5. The number of aromatic nitrogens is 6. The van der Waals surface area contributed by atoms with E-state index in [0.717, 1.165) is 60.0 Å². The number of unbranched alkanes of at least 4 members (excludes halogenated alkanes) is 1. The normalized spacial score (nSPS) is 12.1. The van der Waals surface area contributed by atoms with E-state index >= 15 is 0 Å². The summed E-state index contributed by atoms with van der Waals surface area (Å²) in [5.41, 5.74) is 4.65. The Morgan fingerprint density at radius 2 is 1.81 bits per heavy atom. The van der Waals surface area contributed by atoms with E-state index in [1.807, 2.05) is 36.6 Å². The molecule has 0 bridgehead atoms. The number of nitrogens with zero attached hydrogens (tertiary/aromatic N) is 6. The third-order valence-corrected chi connectivity index (χ3v) is 6.49. The van der Waals surface area contributed by atoms with E-state index < -0.39 is 0 Å². The maximum atomic E-state index is 11.6. The molecule has 2 aromatic carbocycles. The van der Waals surface area contributed by atoms with Gasteiger partial charge >= 0.3 is 0 Å². The van der Waals surface area contributed by atoms with Gasteiger partial charge in [-0.3, -0.25) is 4.79 Å². The first kappa shape index (κ1) is 25.7. The lowest BCUT2D eigenvalue weighted by Gasteiger charge is -2.15. The van der Waals surface area contributed by atoms with Gasteiger partial charge in [0.1, 0.15) is 11.5 Å². The van der Waals surface area contributed by atoms with Gasteiger partial charge in [0.25, 0.3) is 0 Å². The number of benzene rings is 2. The predicted molar refractivity (Wildman–Crippen MR) is 140 cm³/mol. The van der Waals surface area contributed by atoms with Crippen LogP contribution in [0.2, 0.25) is 5.15 Å². The first-order valence-corrected chi connectivity index (χ1v) is 12.7. The second kappa shape index (κ2) is 12.1. The van der Waals surface area contributed by atoms with E-state index in [0.29, 0.717) is 24.7 Å². The van der Waals surface area contributed by atoms with Gasteiger partial charge in [-0.25, -0.2) is 4.98 Å². The number of tetrazole rings is 1. The van der Waals surface area contributed by atoms with Gasteiger partial charge in [0.15, 0.2) is 23.5 Å². The van der Waals surface area contributed by atoms with E-state index in [-0.39, 0.29) is 11.4 Å². The second-order valence-electron chi connectivity index (χ2n) is 8.57. The third kappa shape index (κ3) is 5.55. The molecule has 0 spiro atoms. The molecule has 8 nitrogen and oxygen atoms in total. The zero-order chi connectivity index (χ0) is 25.5. The van der Waals surface area contributed by atoms with Crippen LogP contribution in [0.1, 0.15) is 61.7 Å². The van der Waals surface area contributed by atoms with Crippen LogP contribution in [-0.4, -0.2) is 42.7 Å². The van der Waals surface area contributed by atoms with E-state index in [1.54, 1.807) is 4.68 Å². The van der Waals surface area contributed by atoms with Gasteiger partial charge < -0.3 is 9.30 Å². The largest absolute Gasteiger partial charge is 0.357 e. The summed E-state index contributed by atoms with van der Waals surface area (Å²) < 4.78 is 9.36. The summed E-state index contributed by atoms with van der Waals surface area (Å²) in [4.78, 5) is 16.0. The van der Waals surface area contributed by atoms with Crippen LogP contribution in [0.4, 0.5) is 0 Å². The maximum absolute atomic E-state index is 11.6. The molecule has 0 fully saturated rings. The van der Waals surface area contributed by atoms with E-state index in [2.05, 4.69) is 57.8 Å². The Kier molecular flexibility index (Phi) is 8.61. The lowest BCUT2D eigenvalue weighted by molar-refractivity contribution is 0.0159. The summed E-state index contributed by atoms with van der Waals surface area (Å²) in [6.07, 6.45) is 4.16. The molecule has 4 aromatic rings. The minimum atomic E-state index is -0.273. The third-order valence-electron chi connectivity index (χ3n) is 6.21. The van der Waals surface area contributed by atoms with Crippen LogP contribution >= 0.6 is 11.6 Å². The number of hydrogen-bond donors (Lipinski definition) is 0. The number of aryl methyl sites for hydroxylation is 2. The van der Waals surface area contributed by atoms with Gasteiger partial charge in [-0.2, -0.15) is 4.68 Å². The molecule has 0 aliphatic carbocycles. The van der Waals surface area contributed by atoms with Crippen molar-refractivity contribution in [3.05, 3.63) is 70.8 Å². The number of ether oxygens (including phenoxy) is 1. The summed E-state index contributed by atoms with van der Waals surface area (Å²) in [5.74, 6) is 1.53. The number of rotatable bonds is 12. The van der Waals surface area contributed by atoms with Crippen molar-refractivity contribution in [3.8, 4) is 22.5 Å². The summed E-state index contributed by atoms with van der Waals surface area (Å²) in [6, 6.07) is 16.5. The Labute approximate surface area is 216 Å². The van der Waals surface area contributed by atoms with Crippen molar-refractivity contribution in [2.45, 2.75) is 59.2 Å². The van der Waals surface area contributed by atoms with Crippen molar-refractivity contribution in [3.63, 3.8) is 0 Å². The molecular weight excluding hydrogens is 476 g/mol. The molecule has 0 radical (unpaired) electrons. The van der Waals surface area contributed by atoms with Crippen molar-refractivity contribution in [1.82, 2.24) is 29.8 Å². The van der Waals surface area contributed by atoms with Crippen LogP contribution < -0.4 is 0 Å². The zero-order valence-corrected chi connectivity index (χ0v) is 21.6. The number of imidazole rings is 1. The van der Waals surface area contributed by atoms with Crippen LogP contribution in [0.5, 0.6) is 0 Å². The first-order chi connectivity index (χ1) is 17.6. The molecule has 2 aromatic heterocycles. The molecule has 0 saturated carbocycles. The summed E-state index contributed by atoms with van der Waals surface area (Å²) >= 11 is 6.22. The predicted octanol–water partition coefficient (Wildman–Crippen LogP) is 5.81. The van der Waals surface area contributed by atoms with Crippen LogP contribution in [0, 0.1) is 0 Å². The Hall–Kier alpha value is -3.36. The molecule has 0 saturated heterocycles. The minimum Gasteiger partial charge on any atom is -0.357 e. The lowest BCUT2D eigenvalue weighted by Crippen LogP contribution is -2.12. The molecule has 2 heterocycles. The molecule has 1 atom stereocenters. The highest BCUT2D eigenvalue weighted by molar-refractivity contribution is 6.31. The fraction of sp³-hybridized carbons (Fsp3) is 0.370. The number of carbonyl (C=O) groups is 1. The monoisotopic (exact) mass is 506 g/mol. The molecule has 0 N–H and O–H groups in total. The molecule has 0 aliphatic rings. The average Bonchev–Trinajstić information content (AvgIpc) is 3.51. The van der Waals surface area contributed by atoms with Crippen molar-refractivity contribution in [2.24, 2.45) is 0 Å². The smallest absolute Gasteiger partial charge is 0.185 e. The molecular formula is C27H31ClN6O2. The molecule has 188 valence electrons. The van der Waals surface area contributed by atoms with Crippen LogP contribution in [0.15, 0.2) is 48.5 Å². The van der Waals surface area contributed by atoms with Gasteiger partial charge in [0.2, 0.25) is 0 Å². The SMILES string of the molecule is CCCCc1nc(Cl)c(C=O)n1CCc1ccc(-c2ccccc2-c2nnnn2C(C)OCC)cc1. The van der Waals surface area contributed by atoms with Crippen LogP contribution in [0.25, 0.3) is 22.5 Å². The average molecular weight is 507 g/mol. The Bertz CT molecular complexity index is 1300. The Balaban J connectivity index is 1.56. The molecule has 0 aliphatic heterocycles. The van der Waals surface area contributed by atoms with Crippen LogP contribution in [-0.2, 0) is 24.1 Å². The highest BCUT2D eigenvalue weighted by Gasteiger charge is 2.18. The second-order valence-corrected chi connectivity index (χ2v) is 8.93. The van der Waals surface area contributed by atoms with Crippen molar-refractivity contribution < 1.29 is 9.53 Å². The van der Waals surface area contributed by atoms with E-state index in [9.17, 15) is 4.79 Å². The molecule has 0 amide bonds. The number of halogens is 1. The first-order valence-electron chi connectivity index (χ1n) is 12.4. The van der Waals surface area contributed by atoms with Gasteiger partial charge in [-0.05, 0) is 53.8 Å². The quantitative estimate of drug-likeness (QED) is 0.225. The Morgan fingerprint density at radius 1 is 1.06 bits per heavy atom. The van der Waals surface area contributed by atoms with E-state index in [1.165, 1.54) is 0 Å². The lowest BCUT2D eigenvalue weighted by atomic mass is 9.97. The molecule has 4 rings (SSSR count). The van der Waals surface area contributed by atoms with Crippen molar-refractivity contribution in [1.29, 1.82) is 0 Å². The topological polar surface area (TPSA) is 87.7 Å². The number of hydrogen-bond acceptors (Lipinski definition) is 6. The van der Waals surface area contributed by atoms with Gasteiger partial charge in [0.05, 0.1) is 0 Å². The summed E-state index contributed by atoms with van der Waals surface area (Å²) in [5, 5.41) is 12.6. The van der Waals surface area contributed by atoms with Gasteiger partial charge in [0, 0.05) is 25.1 Å². The van der Waals surface area contributed by atoms with E-state index in [4.69, 9.17) is 16.3 Å². The standard InChI is InChI=1S/C27H31ClN6O2/c1-4-6-11-25-29-26(28)24(18-35)33(25)17-16-20-12-14-21(15-13-20)22-9-7-8-10-23(22)27-30-31-32-34(27)19(3)36-5-2/h7-10,12-15,18-19H,4-6,11,16-17H2,1-3H3. The highest BCUT2D eigenvalue weighted by Crippen LogP contribution is 2.32. The van der Waals surface area contributed by atoms with Gasteiger partial charge in [-0.15, -0.1) is 5.10 Å². The Morgan fingerprint density at radius 3 is 2.50 bits per heavy atom. The van der Waals surface area contributed by atoms with Crippen molar-refractivity contribution in [2.75, 3.05) is 6.61 Å². The molecule has 9 heteroatoms. The maximum Gasteiger partial charge on any atom is 0.185 e. The van der Waals surface area contributed by atoms with Crippen molar-refractivity contribution >= 4 is 17.9 Å².